The van der Waals surface area contributed by atoms with Gasteiger partial charge in [0.1, 0.15) is 12.2 Å². The van der Waals surface area contributed by atoms with Gasteiger partial charge in [0.25, 0.3) is 11.8 Å². The van der Waals surface area contributed by atoms with Crippen molar-refractivity contribution in [3.8, 4) is 0 Å². The largest absolute Gasteiger partial charge is 0.394 e. The molecular formula is C12H17NO4. The number of hydrogen-bond donors (Lipinski definition) is 1. The highest BCUT2D eigenvalue weighted by Gasteiger charge is 2.54. The second kappa shape index (κ2) is 3.78. The van der Waals surface area contributed by atoms with E-state index in [0.29, 0.717) is 12.8 Å². The average Bonchev–Trinajstić information content (AvgIpc) is 2.96. The predicted octanol–water partition coefficient (Wildman–Crippen LogP) is 0.208. The number of carbonyl (C=O) groups is 2. The number of carbonyl (C=O) groups excluding carboxylic acids is 2. The maximum absolute atomic E-state index is 12.2. The van der Waals surface area contributed by atoms with Crippen LogP contribution in [0.15, 0.2) is 0 Å². The fourth-order valence-corrected chi connectivity index (χ4v) is 3.35. The van der Waals surface area contributed by atoms with Gasteiger partial charge in [-0.05, 0) is 25.7 Å². The third-order valence-electron chi connectivity index (χ3n) is 4.31. The van der Waals surface area contributed by atoms with Crippen molar-refractivity contribution in [1.29, 1.82) is 0 Å². The molecule has 0 spiro atoms. The first-order chi connectivity index (χ1) is 8.18. The second-order valence-electron chi connectivity index (χ2n) is 5.29. The smallest absolute Gasteiger partial charge is 0.259 e. The lowest BCUT2D eigenvalue weighted by molar-refractivity contribution is -0.178. The van der Waals surface area contributed by atoms with Gasteiger partial charge in [-0.25, -0.2) is 0 Å². The number of amides is 2. The van der Waals surface area contributed by atoms with E-state index < -0.39 is 17.7 Å². The van der Waals surface area contributed by atoms with Crippen molar-refractivity contribution >= 4 is 11.8 Å². The first-order valence-corrected chi connectivity index (χ1v) is 6.32. The maximum atomic E-state index is 12.2. The van der Waals surface area contributed by atoms with Gasteiger partial charge in [-0.2, -0.15) is 0 Å². The Bertz CT molecular complexity index is 340. The summed E-state index contributed by atoms with van der Waals surface area (Å²) in [6, 6.07) is 0. The molecule has 2 bridgehead atoms. The van der Waals surface area contributed by atoms with E-state index in [9.17, 15) is 14.7 Å². The molecule has 0 radical (unpaired) electrons. The van der Waals surface area contributed by atoms with Crippen molar-refractivity contribution in [3.05, 3.63) is 0 Å². The first-order valence-electron chi connectivity index (χ1n) is 6.32. The van der Waals surface area contributed by atoms with Gasteiger partial charge in [-0.15, -0.1) is 0 Å². The van der Waals surface area contributed by atoms with Crippen LogP contribution in [-0.4, -0.2) is 46.2 Å². The van der Waals surface area contributed by atoms with Gasteiger partial charge in [0.2, 0.25) is 0 Å². The number of ether oxygens (including phenoxy) is 1. The quantitative estimate of drug-likeness (QED) is 0.699. The number of aliphatic hydroxyl groups is 1. The van der Waals surface area contributed by atoms with Crippen LogP contribution in [-0.2, 0) is 14.3 Å². The summed E-state index contributed by atoms with van der Waals surface area (Å²) in [5.74, 6) is -0.473. The van der Waals surface area contributed by atoms with Gasteiger partial charge in [0, 0.05) is 0 Å². The van der Waals surface area contributed by atoms with Gasteiger partial charge in [-0.1, -0.05) is 12.8 Å². The molecule has 2 saturated heterocycles. The molecule has 2 heterocycles. The molecule has 2 aliphatic heterocycles. The van der Waals surface area contributed by atoms with Crippen molar-refractivity contribution in [3.63, 3.8) is 0 Å². The minimum atomic E-state index is -0.640. The van der Waals surface area contributed by atoms with Crippen LogP contribution in [0, 0.1) is 0 Å². The summed E-state index contributed by atoms with van der Waals surface area (Å²) in [6.07, 6.45) is 3.73. The molecule has 3 rings (SSSR count). The highest BCUT2D eigenvalue weighted by Crippen LogP contribution is 2.40. The number of imide groups is 1. The molecule has 17 heavy (non-hydrogen) atoms. The zero-order chi connectivity index (χ0) is 12.0. The average molecular weight is 239 g/mol. The zero-order valence-electron chi connectivity index (χ0n) is 9.72. The molecule has 1 saturated carbocycles. The molecule has 2 unspecified atom stereocenters. The number of hydrogen-bond acceptors (Lipinski definition) is 4. The van der Waals surface area contributed by atoms with Crippen molar-refractivity contribution < 1.29 is 19.4 Å². The van der Waals surface area contributed by atoms with E-state index in [2.05, 4.69) is 0 Å². The molecule has 0 aromatic rings. The molecule has 1 aliphatic carbocycles. The SMILES string of the molecule is O=C1C2CCC(O2)C(=O)N1C1(CO)CCCC1. The van der Waals surface area contributed by atoms with Gasteiger partial charge < -0.3 is 9.84 Å². The number of morpholine rings is 1. The Morgan fingerprint density at radius 2 is 1.71 bits per heavy atom. The summed E-state index contributed by atoms with van der Waals surface area (Å²) in [4.78, 5) is 25.8. The maximum Gasteiger partial charge on any atom is 0.259 e. The standard InChI is InChI=1S/C12H17NO4/c14-7-12(5-1-2-6-12)13-10(15)8-3-4-9(17-8)11(13)16/h8-9,14H,1-7H2. The minimum absolute atomic E-state index is 0.121. The van der Waals surface area contributed by atoms with Crippen molar-refractivity contribution in [2.45, 2.75) is 56.3 Å². The van der Waals surface area contributed by atoms with Crippen LogP contribution in [0.5, 0.6) is 0 Å². The van der Waals surface area contributed by atoms with Gasteiger partial charge in [0.05, 0.1) is 12.1 Å². The normalized spacial score (nSPS) is 35.7. The van der Waals surface area contributed by atoms with Crippen LogP contribution in [0.2, 0.25) is 0 Å². The molecule has 3 aliphatic rings. The predicted molar refractivity (Wildman–Crippen MR) is 58.0 cm³/mol. The van der Waals surface area contributed by atoms with Gasteiger partial charge in [0.15, 0.2) is 0 Å². The number of fused-ring (bicyclic) bond motifs is 2. The third kappa shape index (κ3) is 1.45. The van der Waals surface area contributed by atoms with Crippen molar-refractivity contribution in [1.82, 2.24) is 4.90 Å². The van der Waals surface area contributed by atoms with Crippen LogP contribution < -0.4 is 0 Å². The summed E-state index contributed by atoms with van der Waals surface area (Å²) in [6.45, 7) is -0.121. The fourth-order valence-electron chi connectivity index (χ4n) is 3.35. The van der Waals surface area contributed by atoms with Gasteiger partial charge in [-0.3, -0.25) is 14.5 Å². The van der Waals surface area contributed by atoms with E-state index >= 15 is 0 Å². The minimum Gasteiger partial charge on any atom is -0.394 e. The Labute approximate surface area is 99.7 Å². The molecule has 1 N–H and O–H groups in total. The lowest BCUT2D eigenvalue weighted by Gasteiger charge is -2.42. The van der Waals surface area contributed by atoms with Crippen LogP contribution in [0.25, 0.3) is 0 Å². The molecule has 0 aromatic carbocycles. The van der Waals surface area contributed by atoms with Crippen LogP contribution in [0.1, 0.15) is 38.5 Å². The van der Waals surface area contributed by atoms with Crippen molar-refractivity contribution in [2.24, 2.45) is 0 Å². The summed E-state index contributed by atoms with van der Waals surface area (Å²) in [5, 5.41) is 9.61. The molecular weight excluding hydrogens is 222 g/mol. The Morgan fingerprint density at radius 3 is 2.18 bits per heavy atom. The summed E-state index contributed by atoms with van der Waals surface area (Å²) < 4.78 is 5.38. The van der Waals surface area contributed by atoms with E-state index in [4.69, 9.17) is 4.74 Å². The Balaban J connectivity index is 1.95. The van der Waals surface area contributed by atoms with Crippen LogP contribution >= 0.6 is 0 Å². The van der Waals surface area contributed by atoms with Gasteiger partial charge >= 0.3 is 0 Å². The Kier molecular flexibility index (Phi) is 2.48. The molecule has 5 heteroatoms. The molecule has 3 fully saturated rings. The number of aliphatic hydroxyl groups excluding tert-OH is 1. The van der Waals surface area contributed by atoms with E-state index in [0.717, 1.165) is 25.7 Å². The van der Waals surface area contributed by atoms with Crippen LogP contribution in [0.3, 0.4) is 0 Å². The number of rotatable bonds is 2. The van der Waals surface area contributed by atoms with E-state index in [1.165, 1.54) is 4.90 Å². The third-order valence-corrected chi connectivity index (χ3v) is 4.31. The monoisotopic (exact) mass is 239 g/mol. The summed E-state index contributed by atoms with van der Waals surface area (Å²) >= 11 is 0. The Hall–Kier alpha value is -0.940. The highest BCUT2D eigenvalue weighted by molar-refractivity contribution is 6.03. The molecule has 0 aromatic heterocycles. The van der Waals surface area contributed by atoms with Crippen LogP contribution in [0.4, 0.5) is 0 Å². The first kappa shape index (κ1) is 11.2. The van der Waals surface area contributed by atoms with E-state index in [-0.39, 0.29) is 18.4 Å². The highest BCUT2D eigenvalue weighted by atomic mass is 16.5. The lowest BCUT2D eigenvalue weighted by atomic mass is 9.94. The number of nitrogens with zero attached hydrogens (tertiary/aromatic N) is 1. The fraction of sp³-hybridized carbons (Fsp3) is 0.833. The Morgan fingerprint density at radius 1 is 1.18 bits per heavy atom. The van der Waals surface area contributed by atoms with E-state index in [1.54, 1.807) is 0 Å². The molecule has 2 atom stereocenters. The molecule has 2 amide bonds. The van der Waals surface area contributed by atoms with E-state index in [1.807, 2.05) is 0 Å². The van der Waals surface area contributed by atoms with Crippen molar-refractivity contribution in [2.75, 3.05) is 6.61 Å². The zero-order valence-corrected chi connectivity index (χ0v) is 9.72. The summed E-state index contributed by atoms with van der Waals surface area (Å²) in [7, 11) is 0. The lowest BCUT2D eigenvalue weighted by Crippen LogP contribution is -2.62. The summed E-state index contributed by atoms with van der Waals surface area (Å²) in [5.41, 5.74) is -0.640. The molecule has 5 nitrogen and oxygen atoms in total. The molecule has 94 valence electrons. The second-order valence-corrected chi connectivity index (χ2v) is 5.29. The number of likely N-dealkylation sites (tertiary alicyclic amines) is 1. The topological polar surface area (TPSA) is 66.8 Å².